The number of para-hydroxylation sites is 1. The lowest BCUT2D eigenvalue weighted by Crippen LogP contribution is -2.02. The van der Waals surface area contributed by atoms with E-state index >= 15 is 0 Å². The third-order valence-electron chi connectivity index (χ3n) is 2.55. The molecule has 2 rings (SSSR count). The van der Waals surface area contributed by atoms with E-state index in [0.717, 1.165) is 11.3 Å². The number of benzene rings is 2. The van der Waals surface area contributed by atoms with Crippen LogP contribution >= 0.6 is 0 Å². The van der Waals surface area contributed by atoms with Gasteiger partial charge in [0.15, 0.2) is 0 Å². The van der Waals surface area contributed by atoms with Crippen LogP contribution in [0.15, 0.2) is 48.5 Å². The van der Waals surface area contributed by atoms with E-state index in [9.17, 15) is 13.9 Å². The lowest BCUT2D eigenvalue weighted by Gasteiger charge is -2.09. The van der Waals surface area contributed by atoms with Crippen LogP contribution in [0.2, 0.25) is 0 Å². The highest BCUT2D eigenvalue weighted by Crippen LogP contribution is 2.20. The van der Waals surface area contributed by atoms with Gasteiger partial charge in [-0.25, -0.2) is 0 Å². The summed E-state index contributed by atoms with van der Waals surface area (Å²) < 4.78 is 28.2. The topological polar surface area (TPSA) is 41.5 Å². The summed E-state index contributed by atoms with van der Waals surface area (Å²) in [5.41, 5.74) is 1.51. The molecule has 0 fully saturated rings. The minimum absolute atomic E-state index is 0.114. The van der Waals surface area contributed by atoms with Crippen molar-refractivity contribution in [2.75, 3.05) is 5.32 Å². The van der Waals surface area contributed by atoms with Crippen LogP contribution in [0.25, 0.3) is 0 Å². The third-order valence-corrected chi connectivity index (χ3v) is 2.55. The van der Waals surface area contributed by atoms with Crippen molar-refractivity contribution < 1.29 is 18.6 Å². The second kappa shape index (κ2) is 6.04. The van der Waals surface area contributed by atoms with Crippen molar-refractivity contribution in [2.24, 2.45) is 0 Å². The summed E-state index contributed by atoms with van der Waals surface area (Å²) in [6, 6.07) is 13.2. The van der Waals surface area contributed by atoms with E-state index in [1.54, 1.807) is 30.3 Å². The molecule has 0 aliphatic carbocycles. The Labute approximate surface area is 109 Å². The monoisotopic (exact) mass is 265 g/mol. The molecule has 0 atom stereocenters. The first-order valence-corrected chi connectivity index (χ1v) is 5.71. The molecule has 2 N–H and O–H groups in total. The number of alkyl halides is 2. The number of nitrogens with one attached hydrogen (secondary N) is 1. The standard InChI is InChI=1S/C14H13F2NO2/c15-14(16)19-12-7-5-11(6-8-12)17-9-10-3-1-2-4-13(10)18/h1-8,14,17-18H,9H2. The number of hydrogen-bond donors (Lipinski definition) is 2. The lowest BCUT2D eigenvalue weighted by molar-refractivity contribution is -0.0498. The van der Waals surface area contributed by atoms with Crippen molar-refractivity contribution in [1.29, 1.82) is 0 Å². The number of phenolic OH excluding ortho intramolecular Hbond substituents is 1. The van der Waals surface area contributed by atoms with Gasteiger partial charge in [0, 0.05) is 17.8 Å². The first kappa shape index (κ1) is 13.1. The zero-order valence-electron chi connectivity index (χ0n) is 10.0. The molecule has 19 heavy (non-hydrogen) atoms. The summed E-state index contributed by atoms with van der Waals surface area (Å²) in [5.74, 6) is 0.329. The molecule has 0 amide bonds. The zero-order valence-corrected chi connectivity index (χ0v) is 10.0. The maximum Gasteiger partial charge on any atom is 0.387 e. The summed E-state index contributed by atoms with van der Waals surface area (Å²) in [5, 5.41) is 12.7. The van der Waals surface area contributed by atoms with Crippen LogP contribution < -0.4 is 10.1 Å². The number of ether oxygens (including phenoxy) is 1. The van der Waals surface area contributed by atoms with Crippen molar-refractivity contribution in [3.63, 3.8) is 0 Å². The Morgan fingerprint density at radius 3 is 2.37 bits per heavy atom. The zero-order chi connectivity index (χ0) is 13.7. The quantitative estimate of drug-likeness (QED) is 0.867. The summed E-state index contributed by atoms with van der Waals surface area (Å²) >= 11 is 0. The van der Waals surface area contributed by atoms with Gasteiger partial charge in [0.25, 0.3) is 0 Å². The van der Waals surface area contributed by atoms with Gasteiger partial charge in [0.1, 0.15) is 11.5 Å². The average Bonchev–Trinajstić information content (AvgIpc) is 2.39. The van der Waals surface area contributed by atoms with Crippen LogP contribution in [0, 0.1) is 0 Å². The summed E-state index contributed by atoms with van der Waals surface area (Å²) in [6.45, 7) is -2.37. The van der Waals surface area contributed by atoms with Crippen LogP contribution in [-0.2, 0) is 6.54 Å². The van der Waals surface area contributed by atoms with Crippen molar-refractivity contribution in [3.05, 3.63) is 54.1 Å². The Balaban J connectivity index is 1.95. The molecule has 0 aromatic heterocycles. The van der Waals surface area contributed by atoms with Crippen molar-refractivity contribution in [1.82, 2.24) is 0 Å². The molecular weight excluding hydrogens is 252 g/mol. The number of halogens is 2. The molecule has 100 valence electrons. The fraction of sp³-hybridized carbons (Fsp3) is 0.143. The normalized spacial score (nSPS) is 10.5. The maximum absolute atomic E-state index is 12.0. The van der Waals surface area contributed by atoms with Gasteiger partial charge in [-0.05, 0) is 30.3 Å². The minimum atomic E-state index is -2.82. The predicted molar refractivity (Wildman–Crippen MR) is 68.5 cm³/mol. The minimum Gasteiger partial charge on any atom is -0.508 e. The first-order valence-electron chi connectivity index (χ1n) is 5.71. The number of anilines is 1. The van der Waals surface area contributed by atoms with Gasteiger partial charge in [-0.3, -0.25) is 0 Å². The predicted octanol–water partition coefficient (Wildman–Crippen LogP) is 3.61. The maximum atomic E-state index is 12.0. The van der Waals surface area contributed by atoms with Gasteiger partial charge < -0.3 is 15.2 Å². The van der Waals surface area contributed by atoms with Crippen molar-refractivity contribution in [3.8, 4) is 11.5 Å². The second-order valence-electron chi connectivity index (χ2n) is 3.89. The summed E-state index contributed by atoms with van der Waals surface area (Å²) in [6.07, 6.45) is 0. The SMILES string of the molecule is Oc1ccccc1CNc1ccc(OC(F)F)cc1. The Kier molecular flexibility index (Phi) is 4.18. The van der Waals surface area contributed by atoms with Crippen LogP contribution in [0.1, 0.15) is 5.56 Å². The molecule has 0 heterocycles. The molecule has 2 aromatic rings. The molecule has 0 bridgehead atoms. The van der Waals surface area contributed by atoms with Crippen LogP contribution in [-0.4, -0.2) is 11.7 Å². The number of aromatic hydroxyl groups is 1. The van der Waals surface area contributed by atoms with E-state index in [0.29, 0.717) is 6.54 Å². The van der Waals surface area contributed by atoms with E-state index in [-0.39, 0.29) is 11.5 Å². The van der Waals surface area contributed by atoms with Crippen molar-refractivity contribution >= 4 is 5.69 Å². The average molecular weight is 265 g/mol. The molecular formula is C14H13F2NO2. The van der Waals surface area contributed by atoms with Gasteiger partial charge in [0.2, 0.25) is 0 Å². The third kappa shape index (κ3) is 3.84. The highest BCUT2D eigenvalue weighted by molar-refractivity contribution is 5.47. The molecule has 0 unspecified atom stereocenters. The van der Waals surface area contributed by atoms with Crippen LogP contribution in [0.3, 0.4) is 0 Å². The molecule has 0 aliphatic heterocycles. The van der Waals surface area contributed by atoms with Crippen LogP contribution in [0.4, 0.5) is 14.5 Å². The van der Waals surface area contributed by atoms with Gasteiger partial charge >= 0.3 is 6.61 Å². The Morgan fingerprint density at radius 1 is 1.05 bits per heavy atom. The molecule has 2 aromatic carbocycles. The Bertz CT molecular complexity index is 529. The van der Waals surface area contributed by atoms with Gasteiger partial charge in [-0.1, -0.05) is 18.2 Å². The van der Waals surface area contributed by atoms with Gasteiger partial charge in [-0.15, -0.1) is 0 Å². The highest BCUT2D eigenvalue weighted by atomic mass is 19.3. The Morgan fingerprint density at radius 2 is 1.74 bits per heavy atom. The smallest absolute Gasteiger partial charge is 0.387 e. The largest absolute Gasteiger partial charge is 0.508 e. The van der Waals surface area contributed by atoms with Crippen LogP contribution in [0.5, 0.6) is 11.5 Å². The first-order chi connectivity index (χ1) is 9.15. The molecule has 0 spiro atoms. The highest BCUT2D eigenvalue weighted by Gasteiger charge is 2.04. The molecule has 3 nitrogen and oxygen atoms in total. The van der Waals surface area contributed by atoms with E-state index < -0.39 is 6.61 Å². The van der Waals surface area contributed by atoms with E-state index in [4.69, 9.17) is 0 Å². The fourth-order valence-corrected chi connectivity index (χ4v) is 1.61. The summed E-state index contributed by atoms with van der Waals surface area (Å²) in [4.78, 5) is 0. The van der Waals surface area contributed by atoms with Gasteiger partial charge in [-0.2, -0.15) is 8.78 Å². The molecule has 0 aliphatic rings. The number of hydrogen-bond acceptors (Lipinski definition) is 3. The van der Waals surface area contributed by atoms with E-state index in [2.05, 4.69) is 10.1 Å². The van der Waals surface area contributed by atoms with E-state index in [1.165, 1.54) is 12.1 Å². The van der Waals surface area contributed by atoms with E-state index in [1.807, 2.05) is 6.07 Å². The molecule has 0 radical (unpaired) electrons. The number of phenols is 1. The van der Waals surface area contributed by atoms with Gasteiger partial charge in [0.05, 0.1) is 0 Å². The number of rotatable bonds is 5. The second-order valence-corrected chi connectivity index (χ2v) is 3.89. The lowest BCUT2D eigenvalue weighted by atomic mass is 10.2. The Hall–Kier alpha value is -2.30. The summed E-state index contributed by atoms with van der Waals surface area (Å²) in [7, 11) is 0. The molecule has 0 saturated heterocycles. The molecule has 5 heteroatoms. The van der Waals surface area contributed by atoms with Crippen molar-refractivity contribution in [2.45, 2.75) is 13.2 Å². The molecule has 0 saturated carbocycles. The fourth-order valence-electron chi connectivity index (χ4n) is 1.61.